The molecule has 18 heavy (non-hydrogen) atoms. The molecule has 2 bridgehead atoms. The summed E-state index contributed by atoms with van der Waals surface area (Å²) in [6.45, 7) is 1.04. The molecule has 0 aliphatic heterocycles. The summed E-state index contributed by atoms with van der Waals surface area (Å²) in [5.74, 6) is 2.82. The first-order valence-corrected chi connectivity index (χ1v) is 7.32. The minimum Gasteiger partial charge on any atom is -0.362 e. The van der Waals surface area contributed by atoms with Gasteiger partial charge < -0.3 is 10.6 Å². The zero-order valence-corrected chi connectivity index (χ0v) is 11.4. The Morgan fingerprint density at radius 1 is 1.17 bits per heavy atom. The van der Waals surface area contributed by atoms with E-state index in [1.54, 1.807) is 0 Å². The fourth-order valence-corrected chi connectivity index (χ4v) is 3.75. The Morgan fingerprint density at radius 3 is 2.67 bits per heavy atom. The van der Waals surface area contributed by atoms with Crippen LogP contribution in [-0.2, 0) is 0 Å². The largest absolute Gasteiger partial charge is 0.362 e. The zero-order valence-electron chi connectivity index (χ0n) is 10.6. The van der Waals surface area contributed by atoms with E-state index < -0.39 is 0 Å². The van der Waals surface area contributed by atoms with E-state index in [4.69, 9.17) is 12.2 Å². The molecule has 0 radical (unpaired) electrons. The summed E-state index contributed by atoms with van der Waals surface area (Å²) in [5, 5.41) is 7.36. The highest BCUT2D eigenvalue weighted by atomic mass is 32.1. The van der Waals surface area contributed by atoms with Crippen LogP contribution in [0.25, 0.3) is 0 Å². The van der Waals surface area contributed by atoms with Gasteiger partial charge in [-0.05, 0) is 61.4 Å². The second-order valence-electron chi connectivity index (χ2n) is 5.64. The molecule has 96 valence electrons. The summed E-state index contributed by atoms with van der Waals surface area (Å²) in [6.07, 6.45) is 5.78. The van der Waals surface area contributed by atoms with Gasteiger partial charge in [0.05, 0.1) is 0 Å². The molecular weight excluding hydrogens is 240 g/mol. The lowest BCUT2D eigenvalue weighted by atomic mass is 9.89. The third-order valence-electron chi connectivity index (χ3n) is 4.44. The van der Waals surface area contributed by atoms with Crippen LogP contribution in [-0.4, -0.2) is 11.7 Å². The second-order valence-corrected chi connectivity index (χ2v) is 6.04. The van der Waals surface area contributed by atoms with Gasteiger partial charge in [-0.3, -0.25) is 0 Å². The molecule has 3 rings (SSSR count). The summed E-state index contributed by atoms with van der Waals surface area (Å²) in [7, 11) is 0. The number of benzene rings is 1. The van der Waals surface area contributed by atoms with Crippen LogP contribution in [0.1, 0.15) is 25.7 Å². The average molecular weight is 260 g/mol. The first-order chi connectivity index (χ1) is 8.81. The molecular formula is C15H20N2S. The van der Waals surface area contributed by atoms with Crippen LogP contribution in [0.5, 0.6) is 0 Å². The van der Waals surface area contributed by atoms with Crippen molar-refractivity contribution in [1.82, 2.24) is 5.32 Å². The van der Waals surface area contributed by atoms with Crippen LogP contribution in [0.3, 0.4) is 0 Å². The number of hydrogen-bond donors (Lipinski definition) is 2. The smallest absolute Gasteiger partial charge is 0.170 e. The van der Waals surface area contributed by atoms with Gasteiger partial charge in [0.25, 0.3) is 0 Å². The van der Waals surface area contributed by atoms with Crippen LogP contribution in [0.2, 0.25) is 0 Å². The Labute approximate surface area is 114 Å². The fraction of sp³-hybridized carbons (Fsp3) is 0.533. The van der Waals surface area contributed by atoms with Gasteiger partial charge in [-0.1, -0.05) is 24.6 Å². The van der Waals surface area contributed by atoms with Crippen LogP contribution < -0.4 is 10.6 Å². The molecule has 2 saturated carbocycles. The van der Waals surface area contributed by atoms with Crippen molar-refractivity contribution in [2.45, 2.75) is 25.7 Å². The standard InChI is InChI=1S/C15H20N2S/c18-15(17-14-4-2-1-3-5-14)16-10-13-9-11-6-7-12(13)8-11/h1-5,11-13H,6-10H2,(H2,16,17,18)/t11-,12-,13+/m0/s1. The minimum absolute atomic E-state index is 0.754. The van der Waals surface area contributed by atoms with Crippen molar-refractivity contribution in [3.63, 3.8) is 0 Å². The molecule has 2 nitrogen and oxygen atoms in total. The van der Waals surface area contributed by atoms with E-state index in [9.17, 15) is 0 Å². The Balaban J connectivity index is 1.45. The third kappa shape index (κ3) is 2.66. The van der Waals surface area contributed by atoms with Gasteiger partial charge in [-0.25, -0.2) is 0 Å². The maximum Gasteiger partial charge on any atom is 0.170 e. The van der Waals surface area contributed by atoms with Gasteiger partial charge in [-0.2, -0.15) is 0 Å². The van der Waals surface area contributed by atoms with E-state index in [1.807, 2.05) is 30.3 Å². The van der Waals surface area contributed by atoms with Crippen molar-refractivity contribution in [1.29, 1.82) is 0 Å². The summed E-state index contributed by atoms with van der Waals surface area (Å²) in [4.78, 5) is 0. The Hall–Kier alpha value is -1.09. The predicted molar refractivity (Wildman–Crippen MR) is 79.6 cm³/mol. The Bertz CT molecular complexity index is 418. The van der Waals surface area contributed by atoms with Crippen molar-refractivity contribution in [2.75, 3.05) is 11.9 Å². The minimum atomic E-state index is 0.754. The lowest BCUT2D eigenvalue weighted by molar-refractivity contribution is 0.332. The molecule has 1 aromatic rings. The Morgan fingerprint density at radius 2 is 2.00 bits per heavy atom. The number of fused-ring (bicyclic) bond motifs is 2. The maximum absolute atomic E-state index is 5.33. The van der Waals surface area contributed by atoms with Crippen LogP contribution >= 0.6 is 12.2 Å². The van der Waals surface area contributed by atoms with E-state index in [2.05, 4.69) is 10.6 Å². The summed E-state index contributed by atoms with van der Waals surface area (Å²) in [5.41, 5.74) is 1.06. The highest BCUT2D eigenvalue weighted by Crippen LogP contribution is 2.47. The van der Waals surface area contributed by atoms with E-state index >= 15 is 0 Å². The van der Waals surface area contributed by atoms with E-state index in [0.717, 1.165) is 35.1 Å². The molecule has 0 saturated heterocycles. The topological polar surface area (TPSA) is 24.1 Å². The SMILES string of the molecule is S=C(NC[C@H]1C[C@H]2CC[C@H]1C2)Nc1ccccc1. The van der Waals surface area contributed by atoms with Gasteiger partial charge in [0.1, 0.15) is 0 Å². The van der Waals surface area contributed by atoms with Gasteiger partial charge in [0, 0.05) is 12.2 Å². The molecule has 0 aromatic heterocycles. The Kier molecular flexibility index (Phi) is 3.50. The lowest BCUT2D eigenvalue weighted by Gasteiger charge is -2.22. The van der Waals surface area contributed by atoms with Crippen LogP contribution in [0.15, 0.2) is 30.3 Å². The van der Waals surface area contributed by atoms with E-state index in [1.165, 1.54) is 25.7 Å². The number of nitrogens with one attached hydrogen (secondary N) is 2. The number of hydrogen-bond acceptors (Lipinski definition) is 1. The van der Waals surface area contributed by atoms with Crippen molar-refractivity contribution >= 4 is 23.0 Å². The molecule has 2 aliphatic carbocycles. The number of para-hydroxylation sites is 1. The molecule has 2 fully saturated rings. The van der Waals surface area contributed by atoms with E-state index in [0.29, 0.717) is 0 Å². The molecule has 3 atom stereocenters. The summed E-state index contributed by atoms with van der Waals surface area (Å²) >= 11 is 5.33. The first-order valence-electron chi connectivity index (χ1n) is 6.91. The number of thiocarbonyl (C=S) groups is 1. The van der Waals surface area contributed by atoms with Crippen molar-refractivity contribution < 1.29 is 0 Å². The maximum atomic E-state index is 5.33. The molecule has 0 unspecified atom stereocenters. The predicted octanol–water partition coefficient (Wildman–Crippen LogP) is 3.41. The van der Waals surface area contributed by atoms with Gasteiger partial charge >= 0.3 is 0 Å². The van der Waals surface area contributed by atoms with E-state index in [-0.39, 0.29) is 0 Å². The lowest BCUT2D eigenvalue weighted by Crippen LogP contribution is -2.34. The molecule has 0 spiro atoms. The average Bonchev–Trinajstić information content (AvgIpc) is 3.00. The van der Waals surface area contributed by atoms with Crippen molar-refractivity contribution in [3.05, 3.63) is 30.3 Å². The molecule has 2 aliphatic rings. The van der Waals surface area contributed by atoms with Gasteiger partial charge in [0.15, 0.2) is 5.11 Å². The molecule has 2 N–H and O–H groups in total. The zero-order chi connectivity index (χ0) is 12.4. The second kappa shape index (κ2) is 5.27. The third-order valence-corrected chi connectivity index (χ3v) is 4.69. The summed E-state index contributed by atoms with van der Waals surface area (Å²) < 4.78 is 0. The molecule has 0 amide bonds. The first kappa shape index (κ1) is 12.0. The quantitative estimate of drug-likeness (QED) is 0.814. The van der Waals surface area contributed by atoms with Gasteiger partial charge in [-0.15, -0.1) is 0 Å². The molecule has 1 aromatic carbocycles. The highest BCUT2D eigenvalue weighted by molar-refractivity contribution is 7.80. The summed E-state index contributed by atoms with van der Waals surface area (Å²) in [6, 6.07) is 10.1. The van der Waals surface area contributed by atoms with Gasteiger partial charge in [0.2, 0.25) is 0 Å². The highest BCUT2D eigenvalue weighted by Gasteiger charge is 2.39. The normalized spacial score (nSPS) is 29.2. The number of rotatable bonds is 3. The fourth-order valence-electron chi connectivity index (χ4n) is 3.55. The monoisotopic (exact) mass is 260 g/mol. The molecule has 3 heteroatoms. The number of anilines is 1. The molecule has 0 heterocycles. The van der Waals surface area contributed by atoms with Crippen molar-refractivity contribution in [2.24, 2.45) is 17.8 Å². The van der Waals surface area contributed by atoms with Crippen LogP contribution in [0.4, 0.5) is 5.69 Å². The van der Waals surface area contributed by atoms with Crippen LogP contribution in [0, 0.1) is 17.8 Å². The van der Waals surface area contributed by atoms with Crippen molar-refractivity contribution in [3.8, 4) is 0 Å².